The predicted molar refractivity (Wildman–Crippen MR) is 111 cm³/mol. The lowest BCUT2D eigenvalue weighted by Crippen LogP contribution is -2.33. The van der Waals surface area contributed by atoms with E-state index in [4.69, 9.17) is 9.47 Å². The van der Waals surface area contributed by atoms with Gasteiger partial charge in [-0.15, -0.1) is 0 Å². The van der Waals surface area contributed by atoms with Crippen LogP contribution in [0, 0.1) is 5.92 Å². The topological polar surface area (TPSA) is 60.5 Å². The lowest BCUT2D eigenvalue weighted by Gasteiger charge is -2.26. The van der Waals surface area contributed by atoms with Crippen molar-refractivity contribution in [2.24, 2.45) is 5.92 Å². The number of hydrogen-bond acceptors (Lipinski definition) is 4. The second-order valence-corrected chi connectivity index (χ2v) is 8.26. The van der Waals surface area contributed by atoms with Crippen molar-refractivity contribution in [1.29, 1.82) is 0 Å². The smallest absolute Gasteiger partial charge is 0.419 e. The van der Waals surface area contributed by atoms with Crippen LogP contribution in [-0.2, 0) is 22.1 Å². The number of halogens is 3. The molecule has 0 saturated carbocycles. The lowest BCUT2D eigenvalue weighted by molar-refractivity contribution is -0.138. The Morgan fingerprint density at radius 1 is 1.26 bits per heavy atom. The Kier molecular flexibility index (Phi) is 6.32. The molecule has 168 valence electrons. The van der Waals surface area contributed by atoms with Crippen molar-refractivity contribution in [3.63, 3.8) is 0 Å². The number of amides is 1. The van der Waals surface area contributed by atoms with E-state index in [-0.39, 0.29) is 11.7 Å². The minimum Gasteiger partial charge on any atom is -0.496 e. The van der Waals surface area contributed by atoms with Gasteiger partial charge in [0, 0.05) is 17.2 Å². The van der Waals surface area contributed by atoms with E-state index in [1.54, 1.807) is 18.3 Å². The SMILES string of the molecule is CCc1ccc(NC(=O)[C@@H]2OC(C)(C)[C@@H](C)[C@H]2c2cccc(C(F)(F)F)c2OC)cn1. The molecular weight excluding hydrogens is 409 g/mol. The summed E-state index contributed by atoms with van der Waals surface area (Å²) in [6, 6.07) is 7.43. The first-order valence-electron chi connectivity index (χ1n) is 10.2. The van der Waals surface area contributed by atoms with Gasteiger partial charge in [-0.3, -0.25) is 9.78 Å². The van der Waals surface area contributed by atoms with Gasteiger partial charge >= 0.3 is 6.18 Å². The normalized spacial score (nSPS) is 22.9. The van der Waals surface area contributed by atoms with Gasteiger partial charge in [0.1, 0.15) is 11.9 Å². The summed E-state index contributed by atoms with van der Waals surface area (Å²) in [7, 11) is 1.20. The second-order valence-electron chi connectivity index (χ2n) is 8.26. The van der Waals surface area contributed by atoms with Gasteiger partial charge in [0.05, 0.1) is 30.2 Å². The fraction of sp³-hybridized carbons (Fsp3) is 0.478. The van der Waals surface area contributed by atoms with Crippen molar-refractivity contribution < 1.29 is 27.4 Å². The molecule has 5 nitrogen and oxygen atoms in total. The Morgan fingerprint density at radius 3 is 2.52 bits per heavy atom. The van der Waals surface area contributed by atoms with Gasteiger partial charge in [0.2, 0.25) is 0 Å². The quantitative estimate of drug-likeness (QED) is 0.699. The highest BCUT2D eigenvalue weighted by atomic mass is 19.4. The van der Waals surface area contributed by atoms with E-state index in [0.29, 0.717) is 11.3 Å². The van der Waals surface area contributed by atoms with Crippen LogP contribution >= 0.6 is 0 Å². The van der Waals surface area contributed by atoms with E-state index in [1.165, 1.54) is 13.2 Å². The number of hydrogen-bond donors (Lipinski definition) is 1. The number of methoxy groups -OCH3 is 1. The fourth-order valence-corrected chi connectivity index (χ4v) is 4.04. The summed E-state index contributed by atoms with van der Waals surface area (Å²) in [6.07, 6.45) is -3.25. The van der Waals surface area contributed by atoms with E-state index in [1.807, 2.05) is 33.8 Å². The number of rotatable bonds is 5. The van der Waals surface area contributed by atoms with Crippen LogP contribution < -0.4 is 10.1 Å². The number of carbonyl (C=O) groups excluding carboxylic acids is 1. The molecular formula is C23H27F3N2O3. The summed E-state index contributed by atoms with van der Waals surface area (Å²) >= 11 is 0. The Balaban J connectivity index is 2.00. The Morgan fingerprint density at radius 2 is 1.97 bits per heavy atom. The molecule has 0 radical (unpaired) electrons. The number of nitrogens with one attached hydrogen (secondary N) is 1. The summed E-state index contributed by atoms with van der Waals surface area (Å²) in [5, 5.41) is 2.79. The molecule has 0 unspecified atom stereocenters. The van der Waals surface area contributed by atoms with Gasteiger partial charge in [0.25, 0.3) is 5.91 Å². The number of carbonyl (C=O) groups is 1. The maximum absolute atomic E-state index is 13.6. The summed E-state index contributed by atoms with van der Waals surface area (Å²) in [5.41, 5.74) is 0.0864. The van der Waals surface area contributed by atoms with Crippen molar-refractivity contribution in [1.82, 2.24) is 4.98 Å². The van der Waals surface area contributed by atoms with Crippen LogP contribution in [0.3, 0.4) is 0 Å². The zero-order valence-electron chi connectivity index (χ0n) is 18.2. The maximum Gasteiger partial charge on any atom is 0.419 e. The van der Waals surface area contributed by atoms with Crippen molar-refractivity contribution in [3.05, 3.63) is 53.3 Å². The number of aryl methyl sites for hydroxylation is 1. The fourth-order valence-electron chi connectivity index (χ4n) is 4.04. The number of pyridine rings is 1. The molecule has 1 aliphatic heterocycles. The first kappa shape index (κ1) is 23.1. The third-order valence-corrected chi connectivity index (χ3v) is 6.02. The van der Waals surface area contributed by atoms with Crippen molar-refractivity contribution in [3.8, 4) is 5.75 Å². The molecule has 1 saturated heterocycles. The van der Waals surface area contributed by atoms with Crippen molar-refractivity contribution in [2.45, 2.75) is 57.9 Å². The molecule has 2 aromatic rings. The van der Waals surface area contributed by atoms with E-state index in [9.17, 15) is 18.0 Å². The molecule has 1 aromatic carbocycles. The largest absolute Gasteiger partial charge is 0.496 e. The third-order valence-electron chi connectivity index (χ3n) is 6.02. The molecule has 1 aromatic heterocycles. The van der Waals surface area contributed by atoms with Crippen LogP contribution in [0.5, 0.6) is 5.75 Å². The molecule has 0 spiro atoms. The molecule has 3 atom stereocenters. The highest BCUT2D eigenvalue weighted by Crippen LogP contribution is 2.50. The number of anilines is 1. The van der Waals surface area contributed by atoms with Gasteiger partial charge in [-0.05, 0) is 44.4 Å². The first-order chi connectivity index (χ1) is 14.5. The third kappa shape index (κ3) is 4.54. The Hall–Kier alpha value is -2.61. The maximum atomic E-state index is 13.6. The van der Waals surface area contributed by atoms with Crippen LogP contribution in [0.4, 0.5) is 18.9 Å². The molecule has 3 rings (SSSR count). The van der Waals surface area contributed by atoms with Gasteiger partial charge in [-0.1, -0.05) is 26.0 Å². The van der Waals surface area contributed by atoms with Crippen LogP contribution in [-0.4, -0.2) is 29.7 Å². The monoisotopic (exact) mass is 436 g/mol. The van der Waals surface area contributed by atoms with Gasteiger partial charge in [-0.2, -0.15) is 13.2 Å². The average molecular weight is 436 g/mol. The van der Waals surface area contributed by atoms with Gasteiger partial charge < -0.3 is 14.8 Å². The Bertz CT molecular complexity index is 942. The summed E-state index contributed by atoms with van der Waals surface area (Å²) in [4.78, 5) is 17.4. The number of benzene rings is 1. The highest BCUT2D eigenvalue weighted by Gasteiger charge is 2.52. The molecule has 8 heteroatoms. The minimum absolute atomic E-state index is 0.249. The molecule has 1 aliphatic rings. The van der Waals surface area contributed by atoms with Gasteiger partial charge in [-0.25, -0.2) is 0 Å². The van der Waals surface area contributed by atoms with E-state index >= 15 is 0 Å². The van der Waals surface area contributed by atoms with Crippen LogP contribution in [0.15, 0.2) is 36.5 Å². The van der Waals surface area contributed by atoms with Crippen LogP contribution in [0.1, 0.15) is 50.4 Å². The summed E-state index contributed by atoms with van der Waals surface area (Å²) in [5.74, 6) is -1.59. The molecule has 2 heterocycles. The molecule has 1 N–H and O–H groups in total. The number of nitrogens with zero attached hydrogens (tertiary/aromatic N) is 1. The molecule has 31 heavy (non-hydrogen) atoms. The molecule has 0 aliphatic carbocycles. The predicted octanol–water partition coefficient (Wildman–Crippen LogP) is 5.21. The average Bonchev–Trinajstić information content (AvgIpc) is 2.96. The van der Waals surface area contributed by atoms with Crippen LogP contribution in [0.25, 0.3) is 0 Å². The van der Waals surface area contributed by atoms with E-state index in [0.717, 1.165) is 18.2 Å². The molecule has 1 amide bonds. The van der Waals surface area contributed by atoms with Crippen molar-refractivity contribution in [2.75, 3.05) is 12.4 Å². The van der Waals surface area contributed by atoms with E-state index < -0.39 is 35.3 Å². The minimum atomic E-state index is -4.58. The zero-order valence-corrected chi connectivity index (χ0v) is 18.2. The number of ether oxygens (including phenoxy) is 2. The zero-order chi connectivity index (χ0) is 23.0. The van der Waals surface area contributed by atoms with E-state index in [2.05, 4.69) is 10.3 Å². The first-order valence-corrected chi connectivity index (χ1v) is 10.2. The van der Waals surface area contributed by atoms with Gasteiger partial charge in [0.15, 0.2) is 0 Å². The Labute approximate surface area is 180 Å². The lowest BCUT2D eigenvalue weighted by atomic mass is 9.77. The number of aromatic nitrogens is 1. The van der Waals surface area contributed by atoms with Crippen LogP contribution in [0.2, 0.25) is 0 Å². The molecule has 1 fully saturated rings. The van der Waals surface area contributed by atoms with Crippen molar-refractivity contribution >= 4 is 11.6 Å². The summed E-state index contributed by atoms with van der Waals surface area (Å²) in [6.45, 7) is 7.50. The highest BCUT2D eigenvalue weighted by molar-refractivity contribution is 5.95. The second kappa shape index (κ2) is 8.49. The summed E-state index contributed by atoms with van der Waals surface area (Å²) < 4.78 is 51.9. The molecule has 0 bridgehead atoms. The number of alkyl halides is 3. The number of para-hydroxylation sites is 1. The standard InChI is InChI=1S/C23H27F3N2O3/c1-6-14-10-11-15(12-27-14)28-21(29)20-18(13(2)22(3,4)31-20)16-8-7-9-17(19(16)30-5)23(24,25)26/h7-13,18,20H,6H2,1-5H3,(H,28,29)/t13-,18-,20+/m0/s1.